The average molecular weight is 556 g/mol. The van der Waals surface area contributed by atoms with Gasteiger partial charge in [-0.25, -0.2) is 4.79 Å². The summed E-state index contributed by atoms with van der Waals surface area (Å²) >= 11 is 1.47. The molecule has 39 heavy (non-hydrogen) atoms. The molecule has 3 amide bonds. The van der Waals surface area contributed by atoms with Crippen LogP contribution in [-0.2, 0) is 32.0 Å². The number of aliphatic hydroxyl groups is 1. The molecule has 2 aliphatic rings. The maximum Gasteiger partial charge on any atom is 0.407 e. The van der Waals surface area contributed by atoms with E-state index in [9.17, 15) is 19.5 Å². The summed E-state index contributed by atoms with van der Waals surface area (Å²) in [4.78, 5) is 41.2. The van der Waals surface area contributed by atoms with Gasteiger partial charge >= 0.3 is 6.09 Å². The van der Waals surface area contributed by atoms with E-state index in [0.717, 1.165) is 16.7 Å². The van der Waals surface area contributed by atoms with E-state index in [1.807, 2.05) is 75.4 Å². The minimum atomic E-state index is -1.58. The van der Waals surface area contributed by atoms with Crippen molar-refractivity contribution < 1.29 is 29.0 Å². The van der Waals surface area contributed by atoms with Crippen molar-refractivity contribution in [2.24, 2.45) is 0 Å². The number of aryl methyl sites for hydroxylation is 1. The van der Waals surface area contributed by atoms with E-state index >= 15 is 0 Å². The normalized spacial score (nSPS) is 21.7. The largest absolute Gasteiger partial charge is 0.444 e. The third-order valence-corrected chi connectivity index (χ3v) is 8.56. The number of thioether (sulfide) groups is 1. The minimum absolute atomic E-state index is 0.207. The molecular weight excluding hydrogens is 518 g/mol. The van der Waals surface area contributed by atoms with Gasteiger partial charge in [0.15, 0.2) is 6.10 Å². The summed E-state index contributed by atoms with van der Waals surface area (Å²) in [7, 11) is 0. The van der Waals surface area contributed by atoms with Crippen LogP contribution in [0.4, 0.5) is 4.79 Å². The lowest BCUT2D eigenvalue weighted by Crippen LogP contribution is -2.58. The molecule has 0 aromatic heterocycles. The predicted molar refractivity (Wildman–Crippen MR) is 149 cm³/mol. The van der Waals surface area contributed by atoms with Crippen molar-refractivity contribution in [1.82, 2.24) is 15.5 Å². The van der Waals surface area contributed by atoms with Crippen LogP contribution in [0.3, 0.4) is 0 Å². The van der Waals surface area contributed by atoms with E-state index in [-0.39, 0.29) is 24.3 Å². The van der Waals surface area contributed by atoms with E-state index in [0.29, 0.717) is 26.2 Å². The standard InChI is InChI=1S/C29H37N3O6S/c1-19-9-7-8-12-21(19)16-30-26(34)25-29(2,3)39-18-32(25)27(35)24(33)23(15-20-10-5-4-6-11-20)31-28(36)38-22-13-14-37-17-22/h4-12,22-25,33H,13-18H2,1-3H3,(H,30,34)(H,31,36). The fraction of sp³-hybridized carbons (Fsp3) is 0.483. The molecule has 0 radical (unpaired) electrons. The third kappa shape index (κ3) is 7.32. The molecule has 0 saturated carbocycles. The Morgan fingerprint density at radius 3 is 2.56 bits per heavy atom. The number of hydrogen-bond acceptors (Lipinski definition) is 7. The van der Waals surface area contributed by atoms with Crippen molar-refractivity contribution in [2.75, 3.05) is 19.1 Å². The highest BCUT2D eigenvalue weighted by molar-refractivity contribution is 8.00. The SMILES string of the molecule is Cc1ccccc1CNC(=O)C1N(C(=O)C(O)C(Cc2ccccc2)NC(=O)OC2CCOC2)CSC1(C)C. The maximum atomic E-state index is 13.7. The highest BCUT2D eigenvalue weighted by atomic mass is 32.2. The summed E-state index contributed by atoms with van der Waals surface area (Å²) in [5, 5.41) is 17.0. The van der Waals surface area contributed by atoms with Crippen LogP contribution in [0.1, 0.15) is 37.0 Å². The lowest BCUT2D eigenvalue weighted by atomic mass is 9.97. The van der Waals surface area contributed by atoms with Gasteiger partial charge in [-0.3, -0.25) is 9.59 Å². The van der Waals surface area contributed by atoms with Gasteiger partial charge in [-0.15, -0.1) is 11.8 Å². The molecule has 2 saturated heterocycles. The van der Waals surface area contributed by atoms with Crippen LogP contribution in [0.15, 0.2) is 54.6 Å². The lowest BCUT2D eigenvalue weighted by Gasteiger charge is -2.33. The summed E-state index contributed by atoms with van der Waals surface area (Å²) in [5.41, 5.74) is 2.89. The second-order valence-corrected chi connectivity index (χ2v) is 12.1. The first-order chi connectivity index (χ1) is 18.7. The summed E-state index contributed by atoms with van der Waals surface area (Å²) in [5.74, 6) is -0.663. The summed E-state index contributed by atoms with van der Waals surface area (Å²) in [6.45, 7) is 6.97. The Morgan fingerprint density at radius 2 is 1.87 bits per heavy atom. The van der Waals surface area contributed by atoms with E-state index in [2.05, 4.69) is 10.6 Å². The number of carbonyl (C=O) groups is 3. The van der Waals surface area contributed by atoms with Crippen LogP contribution in [0.5, 0.6) is 0 Å². The molecule has 4 atom stereocenters. The predicted octanol–water partition coefficient (Wildman–Crippen LogP) is 2.78. The van der Waals surface area contributed by atoms with E-state index in [1.165, 1.54) is 16.7 Å². The topological polar surface area (TPSA) is 117 Å². The molecule has 0 bridgehead atoms. The molecule has 0 aliphatic carbocycles. The highest BCUT2D eigenvalue weighted by Crippen LogP contribution is 2.40. The van der Waals surface area contributed by atoms with Gasteiger partial charge < -0.3 is 30.1 Å². The van der Waals surface area contributed by atoms with Gasteiger partial charge in [0.05, 0.1) is 25.1 Å². The van der Waals surface area contributed by atoms with Gasteiger partial charge in [0.25, 0.3) is 5.91 Å². The zero-order valence-corrected chi connectivity index (χ0v) is 23.4. The number of carbonyl (C=O) groups excluding carboxylic acids is 3. The van der Waals surface area contributed by atoms with Crippen molar-refractivity contribution in [3.05, 3.63) is 71.3 Å². The zero-order valence-electron chi connectivity index (χ0n) is 22.6. The summed E-state index contributed by atoms with van der Waals surface area (Å²) < 4.78 is 10.1. The Hall–Kier alpha value is -3.08. The molecule has 3 N–H and O–H groups in total. The second kappa shape index (κ2) is 12.8. The monoisotopic (exact) mass is 555 g/mol. The van der Waals surface area contributed by atoms with E-state index in [1.54, 1.807) is 0 Å². The molecule has 210 valence electrons. The lowest BCUT2D eigenvalue weighted by molar-refractivity contribution is -0.147. The minimum Gasteiger partial charge on any atom is -0.444 e. The van der Waals surface area contributed by atoms with Crippen LogP contribution in [0.25, 0.3) is 0 Å². The molecule has 2 heterocycles. The van der Waals surface area contributed by atoms with Crippen molar-refractivity contribution in [3.8, 4) is 0 Å². The smallest absolute Gasteiger partial charge is 0.407 e. The molecule has 0 spiro atoms. The first-order valence-corrected chi connectivity index (χ1v) is 14.2. The molecule has 2 aromatic carbocycles. The Morgan fingerprint density at radius 1 is 1.15 bits per heavy atom. The Labute approximate surface area is 233 Å². The molecule has 4 rings (SSSR count). The average Bonchev–Trinajstić information content (AvgIpc) is 3.54. The van der Waals surface area contributed by atoms with E-state index < -0.39 is 34.9 Å². The molecule has 10 heteroatoms. The molecule has 2 aromatic rings. The van der Waals surface area contributed by atoms with Gasteiger partial charge in [-0.2, -0.15) is 0 Å². The number of ether oxygens (including phenoxy) is 2. The highest BCUT2D eigenvalue weighted by Gasteiger charge is 2.49. The van der Waals surface area contributed by atoms with Crippen LogP contribution in [-0.4, -0.2) is 76.0 Å². The Balaban J connectivity index is 1.48. The number of nitrogens with zero attached hydrogens (tertiary/aromatic N) is 1. The number of amides is 3. The van der Waals surface area contributed by atoms with E-state index in [4.69, 9.17) is 9.47 Å². The van der Waals surface area contributed by atoms with Gasteiger partial charge in [0.1, 0.15) is 12.1 Å². The van der Waals surface area contributed by atoms with Gasteiger partial charge in [0.2, 0.25) is 5.91 Å². The number of aliphatic hydroxyl groups excluding tert-OH is 1. The number of nitrogens with one attached hydrogen (secondary N) is 2. The Kier molecular flexibility index (Phi) is 9.53. The summed E-state index contributed by atoms with van der Waals surface area (Å²) in [6.07, 6.45) is -1.87. The van der Waals surface area contributed by atoms with Crippen molar-refractivity contribution in [3.63, 3.8) is 0 Å². The number of rotatable bonds is 9. The summed E-state index contributed by atoms with van der Waals surface area (Å²) in [6, 6.07) is 15.3. The zero-order chi connectivity index (χ0) is 28.0. The third-order valence-electron chi connectivity index (χ3n) is 7.19. The number of benzene rings is 2. The Bertz CT molecular complexity index is 1150. The molecule has 4 unspecified atom stereocenters. The number of hydrogen-bond donors (Lipinski definition) is 3. The van der Waals surface area contributed by atoms with Crippen LogP contribution < -0.4 is 10.6 Å². The first-order valence-electron chi connectivity index (χ1n) is 13.2. The molecule has 2 fully saturated rings. The van der Waals surface area contributed by atoms with Crippen molar-refractivity contribution >= 4 is 29.7 Å². The quantitative estimate of drug-likeness (QED) is 0.436. The first kappa shape index (κ1) is 28.9. The van der Waals surface area contributed by atoms with Crippen molar-refractivity contribution in [2.45, 2.75) is 69.2 Å². The van der Waals surface area contributed by atoms with Crippen LogP contribution >= 0.6 is 11.8 Å². The fourth-order valence-corrected chi connectivity index (χ4v) is 6.03. The number of alkyl carbamates (subject to hydrolysis) is 1. The molecular formula is C29H37N3O6S. The molecule has 9 nitrogen and oxygen atoms in total. The fourth-order valence-electron chi connectivity index (χ4n) is 4.89. The second-order valence-electron chi connectivity index (χ2n) is 10.5. The maximum absolute atomic E-state index is 13.7. The molecule has 2 aliphatic heterocycles. The van der Waals surface area contributed by atoms with Gasteiger partial charge in [-0.1, -0.05) is 54.6 Å². The van der Waals surface area contributed by atoms with Crippen LogP contribution in [0, 0.1) is 6.92 Å². The van der Waals surface area contributed by atoms with Gasteiger partial charge in [0, 0.05) is 17.7 Å². The van der Waals surface area contributed by atoms with Crippen molar-refractivity contribution in [1.29, 1.82) is 0 Å². The van der Waals surface area contributed by atoms with Gasteiger partial charge in [-0.05, 0) is 43.9 Å². The van der Waals surface area contributed by atoms with Crippen LogP contribution in [0.2, 0.25) is 0 Å².